The van der Waals surface area contributed by atoms with Gasteiger partial charge in [0, 0.05) is 15.0 Å². The summed E-state index contributed by atoms with van der Waals surface area (Å²) < 4.78 is 1.21. The van der Waals surface area contributed by atoms with Crippen LogP contribution in [0.25, 0.3) is 10.1 Å². The van der Waals surface area contributed by atoms with Crippen LogP contribution in [0.5, 0.6) is 0 Å². The van der Waals surface area contributed by atoms with Crippen LogP contribution in [0, 0.1) is 18.3 Å². The zero-order valence-corrected chi connectivity index (χ0v) is 9.63. The number of nitriles is 1. The van der Waals surface area contributed by atoms with Crippen molar-refractivity contribution in [3.8, 4) is 6.07 Å². The highest BCUT2D eigenvalue weighted by molar-refractivity contribution is 7.98. The van der Waals surface area contributed by atoms with Gasteiger partial charge in [0.05, 0.1) is 5.56 Å². The highest BCUT2D eigenvalue weighted by atomic mass is 32.2. The molecular formula is C11H9NS2. The van der Waals surface area contributed by atoms with Crippen molar-refractivity contribution in [1.29, 1.82) is 5.26 Å². The second-order valence-electron chi connectivity index (χ2n) is 3.02. The maximum absolute atomic E-state index is 9.10. The second kappa shape index (κ2) is 3.64. The van der Waals surface area contributed by atoms with Crippen molar-refractivity contribution < 1.29 is 0 Å². The minimum absolute atomic E-state index is 0.827. The van der Waals surface area contributed by atoms with Crippen LogP contribution < -0.4 is 0 Å². The molecule has 0 atom stereocenters. The summed E-state index contributed by atoms with van der Waals surface area (Å²) in [5, 5.41) is 12.2. The Bertz CT molecular complexity index is 520. The Morgan fingerprint density at radius 2 is 2.29 bits per heavy atom. The fourth-order valence-corrected chi connectivity index (χ4v) is 3.10. The summed E-state index contributed by atoms with van der Waals surface area (Å²) in [6.07, 6.45) is 2.04. The van der Waals surface area contributed by atoms with Gasteiger partial charge in [0.15, 0.2) is 0 Å². The summed E-state index contributed by atoms with van der Waals surface area (Å²) in [4.78, 5) is 1.21. The molecule has 0 N–H and O–H groups in total. The summed E-state index contributed by atoms with van der Waals surface area (Å²) in [7, 11) is 0. The molecule has 0 saturated carbocycles. The van der Waals surface area contributed by atoms with Gasteiger partial charge in [-0.05, 0) is 36.3 Å². The number of hydrogen-bond acceptors (Lipinski definition) is 3. The first kappa shape index (κ1) is 9.57. The van der Waals surface area contributed by atoms with Gasteiger partial charge in [-0.2, -0.15) is 5.26 Å². The highest BCUT2D eigenvalue weighted by Crippen LogP contribution is 2.32. The highest BCUT2D eigenvalue weighted by Gasteiger charge is 2.09. The Morgan fingerprint density at radius 3 is 2.93 bits per heavy atom. The van der Waals surface area contributed by atoms with E-state index in [4.69, 9.17) is 5.26 Å². The molecule has 2 aromatic rings. The number of thioether (sulfide) groups is 1. The first-order chi connectivity index (χ1) is 6.77. The van der Waals surface area contributed by atoms with E-state index < -0.39 is 0 Å². The molecule has 1 nitrogen and oxygen atoms in total. The number of benzene rings is 1. The van der Waals surface area contributed by atoms with E-state index in [1.165, 1.54) is 9.60 Å². The van der Waals surface area contributed by atoms with Crippen LogP contribution in [0.3, 0.4) is 0 Å². The van der Waals surface area contributed by atoms with E-state index in [9.17, 15) is 0 Å². The number of hydrogen-bond donors (Lipinski definition) is 0. The van der Waals surface area contributed by atoms with Gasteiger partial charge in [-0.25, -0.2) is 0 Å². The topological polar surface area (TPSA) is 23.8 Å². The Balaban J connectivity index is 2.89. The van der Waals surface area contributed by atoms with Gasteiger partial charge in [0.2, 0.25) is 0 Å². The van der Waals surface area contributed by atoms with E-state index >= 15 is 0 Å². The lowest BCUT2D eigenvalue weighted by atomic mass is 10.1. The van der Waals surface area contributed by atoms with E-state index in [1.54, 1.807) is 23.1 Å². The van der Waals surface area contributed by atoms with Gasteiger partial charge >= 0.3 is 0 Å². The molecule has 1 heterocycles. The summed E-state index contributed by atoms with van der Waals surface area (Å²) in [5.41, 5.74) is 1.93. The molecule has 0 unspecified atom stereocenters. The van der Waals surface area contributed by atoms with Gasteiger partial charge in [-0.15, -0.1) is 23.1 Å². The van der Waals surface area contributed by atoms with Crippen LogP contribution in [0.15, 0.2) is 22.4 Å². The molecular weight excluding hydrogens is 210 g/mol. The minimum atomic E-state index is 0.827. The maximum atomic E-state index is 9.10. The Labute approximate surface area is 91.4 Å². The zero-order valence-electron chi connectivity index (χ0n) is 8.00. The molecule has 0 aliphatic heterocycles. The van der Waals surface area contributed by atoms with Crippen LogP contribution in [-0.4, -0.2) is 6.26 Å². The van der Waals surface area contributed by atoms with E-state index in [2.05, 4.69) is 12.1 Å². The Morgan fingerprint density at radius 1 is 1.50 bits per heavy atom. The van der Waals surface area contributed by atoms with Crippen LogP contribution in [0.2, 0.25) is 0 Å². The average molecular weight is 219 g/mol. The molecule has 0 bridgehead atoms. The molecule has 2 rings (SSSR count). The third kappa shape index (κ3) is 1.31. The lowest BCUT2D eigenvalue weighted by Crippen LogP contribution is -1.86. The van der Waals surface area contributed by atoms with Gasteiger partial charge in [-0.1, -0.05) is 0 Å². The summed E-state index contributed by atoms with van der Waals surface area (Å²) in [6, 6.07) is 6.48. The standard InChI is InChI=1S/C11H9NS2/c1-7-9(6-12)8-3-4-14-11(8)5-10(7)13-2/h3-5H,1-2H3. The molecule has 0 amide bonds. The van der Waals surface area contributed by atoms with Crippen molar-refractivity contribution in [3.63, 3.8) is 0 Å². The first-order valence-electron chi connectivity index (χ1n) is 4.23. The SMILES string of the molecule is CSc1cc2sccc2c(C#N)c1C. The summed E-state index contributed by atoms with van der Waals surface area (Å²) >= 11 is 3.39. The molecule has 0 aliphatic rings. The normalized spacial score (nSPS) is 10.4. The number of thiophene rings is 1. The Kier molecular flexibility index (Phi) is 2.49. The van der Waals surface area contributed by atoms with Gasteiger partial charge in [0.1, 0.15) is 6.07 Å². The van der Waals surface area contributed by atoms with Crippen molar-refractivity contribution >= 4 is 33.2 Å². The third-order valence-electron chi connectivity index (χ3n) is 2.30. The van der Waals surface area contributed by atoms with E-state index in [0.29, 0.717) is 0 Å². The fourth-order valence-electron chi connectivity index (χ4n) is 1.55. The van der Waals surface area contributed by atoms with E-state index in [-0.39, 0.29) is 0 Å². The number of rotatable bonds is 1. The van der Waals surface area contributed by atoms with Crippen LogP contribution in [0.1, 0.15) is 11.1 Å². The van der Waals surface area contributed by atoms with Crippen molar-refractivity contribution in [2.24, 2.45) is 0 Å². The quantitative estimate of drug-likeness (QED) is 0.681. The number of fused-ring (bicyclic) bond motifs is 1. The predicted molar refractivity (Wildman–Crippen MR) is 63.1 cm³/mol. The van der Waals surface area contributed by atoms with Gasteiger partial charge in [-0.3, -0.25) is 0 Å². The average Bonchev–Trinajstić information content (AvgIpc) is 2.64. The molecule has 0 spiro atoms. The van der Waals surface area contributed by atoms with Gasteiger partial charge in [0.25, 0.3) is 0 Å². The van der Waals surface area contributed by atoms with Crippen molar-refractivity contribution in [2.75, 3.05) is 6.26 Å². The lowest BCUT2D eigenvalue weighted by molar-refractivity contribution is 1.31. The van der Waals surface area contributed by atoms with Crippen molar-refractivity contribution in [1.82, 2.24) is 0 Å². The van der Waals surface area contributed by atoms with Crippen LogP contribution in [0.4, 0.5) is 0 Å². The molecule has 14 heavy (non-hydrogen) atoms. The third-order valence-corrected chi connectivity index (χ3v) is 4.03. The molecule has 0 aliphatic carbocycles. The zero-order chi connectivity index (χ0) is 10.1. The smallest absolute Gasteiger partial charge is 0.100 e. The number of nitrogens with zero attached hydrogens (tertiary/aromatic N) is 1. The predicted octanol–water partition coefficient (Wildman–Crippen LogP) is 3.80. The minimum Gasteiger partial charge on any atom is -0.192 e. The summed E-state index contributed by atoms with van der Waals surface area (Å²) in [5.74, 6) is 0. The molecule has 70 valence electrons. The molecule has 1 aromatic heterocycles. The molecule has 1 aromatic carbocycles. The molecule has 0 fully saturated rings. The van der Waals surface area contributed by atoms with E-state index in [0.717, 1.165) is 16.5 Å². The van der Waals surface area contributed by atoms with Crippen LogP contribution >= 0.6 is 23.1 Å². The van der Waals surface area contributed by atoms with Crippen LogP contribution in [-0.2, 0) is 0 Å². The monoisotopic (exact) mass is 219 g/mol. The first-order valence-corrected chi connectivity index (χ1v) is 6.33. The molecule has 0 saturated heterocycles. The lowest BCUT2D eigenvalue weighted by Gasteiger charge is -2.05. The summed E-state index contributed by atoms with van der Waals surface area (Å²) in [6.45, 7) is 2.02. The second-order valence-corrected chi connectivity index (χ2v) is 4.82. The largest absolute Gasteiger partial charge is 0.192 e. The van der Waals surface area contributed by atoms with E-state index in [1.807, 2.05) is 24.6 Å². The maximum Gasteiger partial charge on any atom is 0.100 e. The fraction of sp³-hybridized carbons (Fsp3) is 0.182. The molecule has 3 heteroatoms. The van der Waals surface area contributed by atoms with Crippen molar-refractivity contribution in [3.05, 3.63) is 28.6 Å². The van der Waals surface area contributed by atoms with Gasteiger partial charge < -0.3 is 0 Å². The Hall–Kier alpha value is -0.980. The van der Waals surface area contributed by atoms with Crippen molar-refractivity contribution in [2.45, 2.75) is 11.8 Å². The molecule has 0 radical (unpaired) electrons.